The van der Waals surface area contributed by atoms with Crippen LogP contribution in [-0.2, 0) is 28.6 Å². The molecule has 0 saturated carbocycles. The molecule has 2 aromatic rings. The number of anilines is 1. The number of phenolic OH excluding ortho intramolecular Hbond substituents is 2. The van der Waals surface area contributed by atoms with Gasteiger partial charge in [-0.2, -0.15) is 0 Å². The summed E-state index contributed by atoms with van der Waals surface area (Å²) in [7, 11) is 0. The van der Waals surface area contributed by atoms with Gasteiger partial charge in [0.25, 0.3) is 11.7 Å². The number of esters is 1. The Morgan fingerprint density at radius 2 is 1.66 bits per heavy atom. The Morgan fingerprint density at radius 3 is 2.29 bits per heavy atom. The van der Waals surface area contributed by atoms with Gasteiger partial charge in [-0.15, -0.1) is 0 Å². The highest BCUT2D eigenvalue weighted by Crippen LogP contribution is 2.50. The van der Waals surface area contributed by atoms with Gasteiger partial charge < -0.3 is 49.6 Å². The highest BCUT2D eigenvalue weighted by atomic mass is 16.7. The molecule has 0 radical (unpaired) electrons. The number of likely N-dealkylation sites (tertiary alicyclic amines) is 1. The number of fused-ring (bicyclic) bond motifs is 13. The number of carboxylic acid groups (broad SMARTS) is 1. The summed E-state index contributed by atoms with van der Waals surface area (Å²) in [4.78, 5) is 65.9. The number of benzene rings is 2. The van der Waals surface area contributed by atoms with E-state index in [9.17, 15) is 39.6 Å². The fraction of sp³-hybridized carbons (Fsp3) is 0.592. The minimum Gasteiger partial charge on any atom is -0.507 e. The number of phenols is 2. The third kappa shape index (κ3) is 10.4. The second-order valence-electron chi connectivity index (χ2n) is 19.6. The average molecular weight is 903 g/mol. The van der Waals surface area contributed by atoms with E-state index in [2.05, 4.69) is 24.1 Å². The molecule has 2 aromatic carbocycles. The zero-order valence-electron chi connectivity index (χ0n) is 39.5. The second-order valence-corrected chi connectivity index (χ2v) is 19.6. The molecule has 1 saturated heterocycles. The molecule has 354 valence electrons. The van der Waals surface area contributed by atoms with Crippen molar-refractivity contribution in [3.63, 3.8) is 0 Å². The molecule has 5 bridgehead atoms. The quantitative estimate of drug-likeness (QED) is 0.0884. The zero-order valence-corrected chi connectivity index (χ0v) is 39.5. The van der Waals surface area contributed by atoms with Crippen LogP contribution in [0.2, 0.25) is 0 Å². The topological polar surface area (TPSA) is 226 Å². The number of piperidine rings is 1. The van der Waals surface area contributed by atoms with Crippen LogP contribution >= 0.6 is 0 Å². The normalized spacial score (nSPS) is 29.3. The maximum absolute atomic E-state index is 14.7. The number of aliphatic carboxylic acids is 1. The van der Waals surface area contributed by atoms with Crippen LogP contribution in [0.5, 0.6) is 17.2 Å². The third-order valence-corrected chi connectivity index (χ3v) is 12.9. The van der Waals surface area contributed by atoms with E-state index in [0.29, 0.717) is 43.8 Å². The van der Waals surface area contributed by atoms with Gasteiger partial charge in [-0.1, -0.05) is 59.8 Å². The SMILES string of the molecule is C/C1=C/C=C/C(C)C[C@@H](C)C(OC(C)(C)O)[C@@H](C)C(OC(=O)CC(=O)O)[C@H](C)C/C=C/OC2(C)Oc3c(C)c(O)c4c(O)c(c5c(c4c3C2=O)=NC2(CCN(CC(C)C)CC2)N=5)NC1=O. The predicted octanol–water partition coefficient (Wildman–Crippen LogP) is 6.36. The lowest BCUT2D eigenvalue weighted by atomic mass is 9.80. The number of rotatable bonds is 7. The number of aromatic hydroxyl groups is 2. The summed E-state index contributed by atoms with van der Waals surface area (Å²) < 4.78 is 24.5. The lowest BCUT2D eigenvalue weighted by Gasteiger charge is -2.40. The smallest absolute Gasteiger partial charge is 0.317 e. The summed E-state index contributed by atoms with van der Waals surface area (Å²) >= 11 is 0. The van der Waals surface area contributed by atoms with E-state index in [1.54, 1.807) is 32.1 Å². The van der Waals surface area contributed by atoms with Crippen molar-refractivity contribution in [2.45, 2.75) is 138 Å². The number of nitrogens with one attached hydrogen (secondary N) is 1. The lowest BCUT2D eigenvalue weighted by Crippen LogP contribution is -2.45. The molecule has 1 amide bonds. The first-order valence-corrected chi connectivity index (χ1v) is 22.7. The monoisotopic (exact) mass is 902 g/mol. The van der Waals surface area contributed by atoms with E-state index < -0.39 is 77.1 Å². The number of hydrogen-bond donors (Lipinski definition) is 5. The van der Waals surface area contributed by atoms with Gasteiger partial charge in [-0.25, -0.2) is 0 Å². The number of carbonyl (C=O) groups excluding carboxylic acids is 3. The molecule has 16 heteroatoms. The summed E-state index contributed by atoms with van der Waals surface area (Å²) in [6.45, 7) is 21.9. The van der Waals surface area contributed by atoms with Gasteiger partial charge in [0.15, 0.2) is 17.2 Å². The molecule has 7 rings (SSSR count). The summed E-state index contributed by atoms with van der Waals surface area (Å²) in [6.07, 6.45) is 7.75. The third-order valence-electron chi connectivity index (χ3n) is 12.9. The van der Waals surface area contributed by atoms with Crippen LogP contribution in [0, 0.1) is 36.5 Å². The Hall–Kier alpha value is -5.32. The Morgan fingerprint density at radius 1 is 1.00 bits per heavy atom. The molecule has 16 nitrogen and oxygen atoms in total. The maximum atomic E-state index is 14.7. The van der Waals surface area contributed by atoms with E-state index in [-0.39, 0.29) is 68.1 Å². The van der Waals surface area contributed by atoms with Crippen LogP contribution in [0.25, 0.3) is 10.8 Å². The number of nitrogens with zero attached hydrogens (tertiary/aromatic N) is 3. The number of carboxylic acids is 1. The summed E-state index contributed by atoms with van der Waals surface area (Å²) in [5.74, 6) is -8.58. The standard InChI is InChI=1S/C49H66N4O12/c1-25(2)24-53-19-17-49(18-20-53)51-37-34-35-40(57)30(7)44-36(34)45(59)48(11,65-44)62-21-13-16-27(4)42(63-33(56)23-32(54)55)31(8)43(64-47(9,10)61)29(6)22-26(3)14-12-15-28(5)46(60)50-39(41(35)58)38(37)52-49/h12-15,21,25-27,29,31,42-43,57-58,61H,16-20,22-24H2,1-11H3,(H,50,60)(H,54,55)/b14-12+,21-13+,28-15-/t26?,27-,29-,31+,42?,43?,48?/m1/s1. The van der Waals surface area contributed by atoms with Crippen LogP contribution in [0.4, 0.5) is 5.69 Å². The van der Waals surface area contributed by atoms with Gasteiger partial charge in [0.2, 0.25) is 0 Å². The molecule has 0 aliphatic carbocycles. The molecule has 1 fully saturated rings. The molecular formula is C49H66N4O12. The fourth-order valence-corrected chi connectivity index (χ4v) is 9.66. The lowest BCUT2D eigenvalue weighted by molar-refractivity contribution is -0.237. The Labute approximate surface area is 380 Å². The predicted molar refractivity (Wildman–Crippen MR) is 242 cm³/mol. The molecule has 7 atom stereocenters. The van der Waals surface area contributed by atoms with E-state index >= 15 is 0 Å². The zero-order chi connectivity index (χ0) is 47.9. The van der Waals surface area contributed by atoms with Crippen LogP contribution in [0.1, 0.15) is 117 Å². The number of carbonyl (C=O) groups is 4. The van der Waals surface area contributed by atoms with Crippen LogP contribution < -0.4 is 20.8 Å². The van der Waals surface area contributed by atoms with Gasteiger partial charge in [0.1, 0.15) is 35.1 Å². The average Bonchev–Trinajstić information content (AvgIpc) is 3.71. The first-order chi connectivity index (χ1) is 30.3. The number of amides is 1. The minimum atomic E-state index is -1.94. The van der Waals surface area contributed by atoms with Crippen LogP contribution in [-0.4, -0.2) is 98.0 Å². The molecule has 5 heterocycles. The van der Waals surface area contributed by atoms with Crippen molar-refractivity contribution in [1.29, 1.82) is 0 Å². The number of hydrogen-bond acceptors (Lipinski definition) is 14. The number of Topliss-reactive ketones (excluding diaryl/α,β-unsaturated/α-hetero) is 1. The molecule has 0 aromatic heterocycles. The van der Waals surface area contributed by atoms with Crippen molar-refractivity contribution < 1.29 is 58.6 Å². The van der Waals surface area contributed by atoms with Gasteiger partial charge in [-0.05, 0) is 70.3 Å². The molecule has 5 aliphatic rings. The first-order valence-electron chi connectivity index (χ1n) is 22.7. The highest BCUT2D eigenvalue weighted by molar-refractivity contribution is 6.19. The van der Waals surface area contributed by atoms with E-state index in [1.807, 2.05) is 33.8 Å². The van der Waals surface area contributed by atoms with Crippen LogP contribution in [0.3, 0.4) is 0 Å². The van der Waals surface area contributed by atoms with Gasteiger partial charge in [-0.3, -0.25) is 29.2 Å². The molecule has 5 N–H and O–H groups in total. The van der Waals surface area contributed by atoms with E-state index in [4.69, 9.17) is 28.9 Å². The van der Waals surface area contributed by atoms with Crippen molar-refractivity contribution in [3.8, 4) is 17.2 Å². The fourth-order valence-electron chi connectivity index (χ4n) is 9.66. The second kappa shape index (κ2) is 18.9. The number of ketones is 1. The van der Waals surface area contributed by atoms with Crippen molar-refractivity contribution in [1.82, 2.24) is 4.90 Å². The van der Waals surface area contributed by atoms with Crippen LogP contribution in [0.15, 0.2) is 46.1 Å². The van der Waals surface area contributed by atoms with E-state index in [1.165, 1.54) is 27.0 Å². The Kier molecular flexibility index (Phi) is 14.3. The van der Waals surface area contributed by atoms with Gasteiger partial charge in [0.05, 0.1) is 28.7 Å². The minimum absolute atomic E-state index is 0.0351. The van der Waals surface area contributed by atoms with E-state index in [0.717, 1.165) is 6.54 Å². The number of aliphatic hydroxyl groups is 1. The summed E-state index contributed by atoms with van der Waals surface area (Å²) in [5, 5.41) is 47.6. The Balaban J connectivity index is 1.49. The molecular weight excluding hydrogens is 837 g/mol. The highest BCUT2D eigenvalue weighted by Gasteiger charge is 2.50. The van der Waals surface area contributed by atoms with Gasteiger partial charge in [0, 0.05) is 61.8 Å². The summed E-state index contributed by atoms with van der Waals surface area (Å²) in [6, 6.07) is 0. The first kappa shape index (κ1) is 49.1. The van der Waals surface area contributed by atoms with Gasteiger partial charge >= 0.3 is 17.7 Å². The van der Waals surface area contributed by atoms with Crippen molar-refractivity contribution in [2.75, 3.05) is 25.0 Å². The maximum Gasteiger partial charge on any atom is 0.317 e. The van der Waals surface area contributed by atoms with Crippen molar-refractivity contribution in [2.24, 2.45) is 39.6 Å². The van der Waals surface area contributed by atoms with Crippen molar-refractivity contribution >= 4 is 40.1 Å². The molecule has 65 heavy (non-hydrogen) atoms. The molecule has 1 spiro atoms. The van der Waals surface area contributed by atoms with Crippen molar-refractivity contribution in [3.05, 3.63) is 58.0 Å². The number of ether oxygens (including phenoxy) is 4. The summed E-state index contributed by atoms with van der Waals surface area (Å²) in [5.41, 5.74) is -0.501. The largest absolute Gasteiger partial charge is 0.507 e. The molecule has 5 aliphatic heterocycles. The number of allylic oxidation sites excluding steroid dienone is 4. The molecule has 4 unspecified atom stereocenters. The Bertz CT molecular complexity index is 2440.